The van der Waals surface area contributed by atoms with Gasteiger partial charge < -0.3 is 10.2 Å². The lowest BCUT2D eigenvalue weighted by atomic mass is 10.1. The smallest absolute Gasteiger partial charge is 0.122 e. The summed E-state index contributed by atoms with van der Waals surface area (Å²) in [5.41, 5.74) is 5.86. The molecule has 98 valence electrons. The Balaban J connectivity index is 2.56. The summed E-state index contributed by atoms with van der Waals surface area (Å²) < 4.78 is 5.79. The van der Waals surface area contributed by atoms with Gasteiger partial charge in [0.15, 0.2) is 0 Å². The van der Waals surface area contributed by atoms with Crippen LogP contribution >= 0.6 is 0 Å². The van der Waals surface area contributed by atoms with E-state index in [1.165, 1.54) is 19.3 Å². The van der Waals surface area contributed by atoms with Crippen molar-refractivity contribution in [1.29, 1.82) is 0 Å². The van der Waals surface area contributed by atoms with Crippen LogP contribution in [0.25, 0.3) is 0 Å². The summed E-state index contributed by atoms with van der Waals surface area (Å²) in [7, 11) is 2.13. The van der Waals surface area contributed by atoms with Crippen molar-refractivity contribution in [2.45, 2.75) is 45.6 Å². The maximum atomic E-state index is 5.86. The van der Waals surface area contributed by atoms with E-state index in [1.54, 1.807) is 0 Å². The van der Waals surface area contributed by atoms with Crippen LogP contribution in [0.5, 0.6) is 0 Å². The van der Waals surface area contributed by atoms with Gasteiger partial charge in [-0.25, -0.2) is 0 Å². The number of nitrogens with two attached hydrogens (primary N) is 1. The Bertz CT molecular complexity index is 309. The van der Waals surface area contributed by atoms with Gasteiger partial charge in [-0.15, -0.1) is 0 Å². The number of unbranched alkanes of at least 4 members (excludes halogenated alkanes) is 2. The first kappa shape index (κ1) is 14.3. The van der Waals surface area contributed by atoms with E-state index >= 15 is 0 Å². The van der Waals surface area contributed by atoms with Gasteiger partial charge in [-0.3, -0.25) is 4.90 Å². The van der Waals surface area contributed by atoms with Gasteiger partial charge >= 0.3 is 0 Å². The molecule has 0 saturated heterocycles. The predicted molar refractivity (Wildman–Crippen MR) is 72.0 cm³/mol. The van der Waals surface area contributed by atoms with Crippen molar-refractivity contribution in [3.63, 3.8) is 0 Å². The first-order chi connectivity index (χ1) is 8.22. The molecule has 0 radical (unpaired) electrons. The molecule has 0 bridgehead atoms. The summed E-state index contributed by atoms with van der Waals surface area (Å²) in [6.45, 7) is 6.02. The second-order valence-corrected chi connectivity index (χ2v) is 4.60. The molecule has 0 fully saturated rings. The quantitative estimate of drug-likeness (QED) is 0.708. The minimum atomic E-state index is 0.215. The van der Waals surface area contributed by atoms with E-state index in [1.807, 2.05) is 0 Å². The van der Waals surface area contributed by atoms with Crippen LogP contribution in [-0.2, 0) is 6.42 Å². The van der Waals surface area contributed by atoms with Crippen LogP contribution in [0, 0.1) is 0 Å². The normalized spacial score (nSPS) is 13.2. The van der Waals surface area contributed by atoms with Crippen LogP contribution in [-0.4, -0.2) is 25.0 Å². The maximum absolute atomic E-state index is 5.86. The number of aryl methyl sites for hydroxylation is 1. The topological polar surface area (TPSA) is 42.4 Å². The van der Waals surface area contributed by atoms with Gasteiger partial charge in [0.25, 0.3) is 0 Å². The van der Waals surface area contributed by atoms with Gasteiger partial charge in [-0.05, 0) is 32.1 Å². The summed E-state index contributed by atoms with van der Waals surface area (Å²) in [5, 5.41) is 0. The average Bonchev–Trinajstić information content (AvgIpc) is 2.79. The number of furan rings is 1. The number of hydrogen-bond acceptors (Lipinski definition) is 3. The summed E-state index contributed by atoms with van der Waals surface area (Å²) in [6, 6.07) is 4.33. The van der Waals surface area contributed by atoms with Crippen molar-refractivity contribution < 1.29 is 4.42 Å². The Morgan fingerprint density at radius 2 is 2.06 bits per heavy atom. The van der Waals surface area contributed by atoms with Gasteiger partial charge in [0.2, 0.25) is 0 Å². The molecule has 2 N–H and O–H groups in total. The van der Waals surface area contributed by atoms with E-state index < -0.39 is 0 Å². The van der Waals surface area contributed by atoms with Gasteiger partial charge in [-0.2, -0.15) is 0 Å². The van der Waals surface area contributed by atoms with Crippen LogP contribution in [0.3, 0.4) is 0 Å². The molecule has 1 unspecified atom stereocenters. The molecule has 0 aliphatic rings. The molecular weight excluding hydrogens is 212 g/mol. The van der Waals surface area contributed by atoms with Crippen molar-refractivity contribution in [2.75, 3.05) is 20.1 Å². The third-order valence-electron chi connectivity index (χ3n) is 3.23. The van der Waals surface area contributed by atoms with Crippen LogP contribution in [0.1, 0.15) is 50.7 Å². The Kier molecular flexibility index (Phi) is 6.30. The second kappa shape index (κ2) is 7.51. The minimum absolute atomic E-state index is 0.215. The highest BCUT2D eigenvalue weighted by atomic mass is 16.3. The van der Waals surface area contributed by atoms with Crippen molar-refractivity contribution in [3.05, 3.63) is 23.7 Å². The standard InChI is InChI=1S/C14H26N2O/c1-4-6-7-10-16(3)13(11-15)14-9-8-12(5-2)17-14/h8-9,13H,4-7,10-11,15H2,1-3H3. The average molecular weight is 238 g/mol. The first-order valence-electron chi connectivity index (χ1n) is 6.71. The summed E-state index contributed by atoms with van der Waals surface area (Å²) in [6.07, 6.45) is 4.70. The zero-order chi connectivity index (χ0) is 12.7. The van der Waals surface area contributed by atoms with E-state index in [-0.39, 0.29) is 6.04 Å². The van der Waals surface area contributed by atoms with E-state index in [0.717, 1.165) is 24.5 Å². The summed E-state index contributed by atoms with van der Waals surface area (Å²) >= 11 is 0. The predicted octanol–water partition coefficient (Wildman–Crippen LogP) is 2.96. The van der Waals surface area contributed by atoms with Crippen LogP contribution < -0.4 is 5.73 Å². The molecule has 0 aromatic carbocycles. The van der Waals surface area contributed by atoms with Crippen molar-refractivity contribution in [1.82, 2.24) is 4.90 Å². The van der Waals surface area contributed by atoms with Gasteiger partial charge in [0, 0.05) is 13.0 Å². The Labute approximate surface area is 105 Å². The Hall–Kier alpha value is -0.800. The third kappa shape index (κ3) is 4.17. The molecule has 0 aliphatic heterocycles. The third-order valence-corrected chi connectivity index (χ3v) is 3.23. The van der Waals surface area contributed by atoms with E-state index in [4.69, 9.17) is 10.2 Å². The highest BCUT2D eigenvalue weighted by Crippen LogP contribution is 2.21. The fraction of sp³-hybridized carbons (Fsp3) is 0.714. The molecule has 0 saturated carbocycles. The van der Waals surface area contributed by atoms with Gasteiger partial charge in [0.05, 0.1) is 6.04 Å². The fourth-order valence-electron chi connectivity index (χ4n) is 2.04. The minimum Gasteiger partial charge on any atom is -0.464 e. The van der Waals surface area contributed by atoms with Crippen LogP contribution in [0.2, 0.25) is 0 Å². The second-order valence-electron chi connectivity index (χ2n) is 4.60. The molecule has 1 atom stereocenters. The summed E-state index contributed by atoms with van der Waals surface area (Å²) in [5.74, 6) is 2.05. The highest BCUT2D eigenvalue weighted by molar-refractivity contribution is 5.11. The molecule has 3 heteroatoms. The SMILES string of the molecule is CCCCCN(C)C(CN)c1ccc(CC)o1. The zero-order valence-corrected chi connectivity index (χ0v) is 11.4. The molecule has 1 heterocycles. The molecule has 3 nitrogen and oxygen atoms in total. The molecule has 0 aliphatic carbocycles. The van der Waals surface area contributed by atoms with E-state index in [0.29, 0.717) is 6.54 Å². The van der Waals surface area contributed by atoms with Gasteiger partial charge in [0.1, 0.15) is 11.5 Å². The molecule has 17 heavy (non-hydrogen) atoms. The largest absolute Gasteiger partial charge is 0.464 e. The number of nitrogens with zero attached hydrogens (tertiary/aromatic N) is 1. The van der Waals surface area contributed by atoms with Crippen molar-refractivity contribution >= 4 is 0 Å². The van der Waals surface area contributed by atoms with E-state index in [2.05, 4.69) is 37.9 Å². The number of rotatable bonds is 8. The number of likely N-dealkylation sites (N-methyl/N-ethyl adjacent to an activating group) is 1. The molecule has 0 amide bonds. The number of hydrogen-bond donors (Lipinski definition) is 1. The zero-order valence-electron chi connectivity index (χ0n) is 11.4. The van der Waals surface area contributed by atoms with E-state index in [9.17, 15) is 0 Å². The van der Waals surface area contributed by atoms with Gasteiger partial charge in [-0.1, -0.05) is 26.7 Å². The molecule has 1 aromatic heterocycles. The molecule has 1 aromatic rings. The lowest BCUT2D eigenvalue weighted by Crippen LogP contribution is -2.31. The lowest BCUT2D eigenvalue weighted by Gasteiger charge is -2.25. The van der Waals surface area contributed by atoms with Crippen molar-refractivity contribution in [2.24, 2.45) is 5.73 Å². The molecule has 1 rings (SSSR count). The molecule has 0 spiro atoms. The monoisotopic (exact) mass is 238 g/mol. The maximum Gasteiger partial charge on any atom is 0.122 e. The Morgan fingerprint density at radius 1 is 1.29 bits per heavy atom. The summed E-state index contributed by atoms with van der Waals surface area (Å²) in [4.78, 5) is 2.30. The molecular formula is C14H26N2O. The first-order valence-corrected chi connectivity index (χ1v) is 6.71. The lowest BCUT2D eigenvalue weighted by molar-refractivity contribution is 0.214. The van der Waals surface area contributed by atoms with Crippen LogP contribution in [0.15, 0.2) is 16.5 Å². The Morgan fingerprint density at radius 3 is 2.59 bits per heavy atom. The highest BCUT2D eigenvalue weighted by Gasteiger charge is 2.18. The fourth-order valence-corrected chi connectivity index (χ4v) is 2.04. The van der Waals surface area contributed by atoms with Crippen LogP contribution in [0.4, 0.5) is 0 Å². The van der Waals surface area contributed by atoms with Crippen molar-refractivity contribution in [3.8, 4) is 0 Å².